The monoisotopic (exact) mass is 768 g/mol. The number of amides is 3. The van der Waals surface area contributed by atoms with Gasteiger partial charge in [0.05, 0.1) is 45.7 Å². The molecule has 13 heteroatoms. The Balaban J connectivity index is 1.16. The van der Waals surface area contributed by atoms with E-state index in [1.807, 2.05) is 24.3 Å². The summed E-state index contributed by atoms with van der Waals surface area (Å²) in [5.74, 6) is -0.889. The number of carbonyl (C=O) groups excluding carboxylic acids is 3. The molecule has 0 aliphatic carbocycles. The van der Waals surface area contributed by atoms with Crippen LogP contribution in [0.2, 0.25) is 0 Å². The molecular formula is C36H41BrN4O6S2. The Morgan fingerprint density at radius 1 is 0.816 bits per heavy atom. The second-order valence-electron chi connectivity index (χ2n) is 11.1. The molecule has 0 aliphatic rings. The summed E-state index contributed by atoms with van der Waals surface area (Å²) < 4.78 is 12.0. The van der Waals surface area contributed by atoms with Crippen molar-refractivity contribution >= 4 is 62.0 Å². The molecule has 0 fully saturated rings. The maximum atomic E-state index is 12.8. The van der Waals surface area contributed by atoms with Crippen molar-refractivity contribution in [2.45, 2.75) is 46.1 Å². The van der Waals surface area contributed by atoms with E-state index < -0.39 is 5.91 Å². The van der Waals surface area contributed by atoms with Crippen LogP contribution in [0.4, 0.5) is 0 Å². The van der Waals surface area contributed by atoms with Gasteiger partial charge in [0.25, 0.3) is 17.7 Å². The fourth-order valence-corrected chi connectivity index (χ4v) is 6.67. The average molecular weight is 770 g/mol. The van der Waals surface area contributed by atoms with Gasteiger partial charge in [-0.05, 0) is 60.9 Å². The van der Waals surface area contributed by atoms with Crippen LogP contribution in [0.3, 0.4) is 0 Å². The lowest BCUT2D eigenvalue weighted by atomic mass is 10.1. The van der Waals surface area contributed by atoms with Gasteiger partial charge in [0, 0.05) is 35.1 Å². The third-order valence-corrected chi connectivity index (χ3v) is 9.98. The maximum absolute atomic E-state index is 12.8. The van der Waals surface area contributed by atoms with Crippen LogP contribution in [0.15, 0.2) is 75.6 Å². The summed E-state index contributed by atoms with van der Waals surface area (Å²) in [6.45, 7) is 6.73. The first kappa shape index (κ1) is 37.9. The third kappa shape index (κ3) is 11.9. The minimum absolute atomic E-state index is 0.0988. The minimum Gasteiger partial charge on any atom is -0.506 e. The Hall–Kier alpha value is -3.88. The van der Waals surface area contributed by atoms with Crippen LogP contribution in [-0.4, -0.2) is 61.5 Å². The molecule has 0 atom stereocenters. The van der Waals surface area contributed by atoms with Crippen molar-refractivity contribution in [1.82, 2.24) is 16.1 Å². The number of nitrogens with one attached hydrogen (secondary N) is 3. The van der Waals surface area contributed by atoms with Crippen LogP contribution < -0.4 is 16.1 Å². The summed E-state index contributed by atoms with van der Waals surface area (Å²) in [7, 11) is 0. The summed E-state index contributed by atoms with van der Waals surface area (Å²) in [5.41, 5.74) is 5.69. The van der Waals surface area contributed by atoms with Crippen LogP contribution >= 0.6 is 38.6 Å². The van der Waals surface area contributed by atoms with E-state index in [2.05, 4.69) is 44.0 Å². The lowest BCUT2D eigenvalue weighted by Gasteiger charge is -2.08. The number of rotatable bonds is 19. The van der Waals surface area contributed by atoms with Gasteiger partial charge in [-0.3, -0.25) is 14.4 Å². The predicted octanol–water partition coefficient (Wildman–Crippen LogP) is 7.37. The molecule has 0 spiro atoms. The second kappa shape index (κ2) is 20.0. The molecule has 0 bridgehead atoms. The van der Waals surface area contributed by atoms with Crippen molar-refractivity contribution in [2.24, 2.45) is 5.10 Å². The van der Waals surface area contributed by atoms with Gasteiger partial charge in [0.1, 0.15) is 5.75 Å². The van der Waals surface area contributed by atoms with Gasteiger partial charge in [0.15, 0.2) is 0 Å². The molecule has 2 heterocycles. The standard InChI is InChI=1S/C36H41BrN4O6S2/c1-3-4-5-6-18-46-20-21-47-19-17-38-34(43)27-9-7-25(8-10-27)22-39-35(44)30-15-16-31(49-30)36(45)41-40-24(2)29-23-48-33(32(29)42)26-11-13-28(37)14-12-26/h7-16,23,42H,3-6,17-22H2,1-2H3,(H,38,43)(H,39,44)(H,41,45)/b40-24+. The second-order valence-corrected chi connectivity index (χ2v) is 13.9. The van der Waals surface area contributed by atoms with E-state index in [1.165, 1.54) is 30.6 Å². The number of hydrogen-bond donors (Lipinski definition) is 4. The first-order valence-electron chi connectivity index (χ1n) is 16.1. The minimum atomic E-state index is -0.464. The highest BCUT2D eigenvalue weighted by Gasteiger charge is 2.17. The molecule has 0 unspecified atom stereocenters. The topological polar surface area (TPSA) is 138 Å². The zero-order valence-corrected chi connectivity index (χ0v) is 30.8. The summed E-state index contributed by atoms with van der Waals surface area (Å²) in [4.78, 5) is 39.4. The molecule has 4 N–H and O–H groups in total. The van der Waals surface area contributed by atoms with Gasteiger partial charge in [-0.1, -0.05) is 66.4 Å². The molecule has 0 saturated carbocycles. The number of carbonyl (C=O) groups is 3. The first-order valence-corrected chi connectivity index (χ1v) is 18.6. The Morgan fingerprint density at radius 2 is 1.51 bits per heavy atom. The smallest absolute Gasteiger partial charge is 0.281 e. The highest BCUT2D eigenvalue weighted by Crippen LogP contribution is 2.39. The highest BCUT2D eigenvalue weighted by atomic mass is 79.9. The quantitative estimate of drug-likeness (QED) is 0.0447. The molecule has 49 heavy (non-hydrogen) atoms. The average Bonchev–Trinajstić information content (AvgIpc) is 3.76. The summed E-state index contributed by atoms with van der Waals surface area (Å²) in [5, 5.41) is 22.4. The van der Waals surface area contributed by atoms with Crippen LogP contribution in [0.25, 0.3) is 10.4 Å². The van der Waals surface area contributed by atoms with Crippen LogP contribution in [0.5, 0.6) is 5.75 Å². The largest absolute Gasteiger partial charge is 0.506 e. The van der Waals surface area contributed by atoms with Gasteiger partial charge in [-0.2, -0.15) is 5.10 Å². The van der Waals surface area contributed by atoms with E-state index in [0.29, 0.717) is 57.8 Å². The van der Waals surface area contributed by atoms with Crippen molar-refractivity contribution in [3.05, 3.63) is 97.0 Å². The molecule has 4 aromatic rings. The van der Waals surface area contributed by atoms with Gasteiger partial charge in [-0.15, -0.1) is 22.7 Å². The number of halogens is 1. The van der Waals surface area contributed by atoms with Gasteiger partial charge >= 0.3 is 0 Å². The van der Waals surface area contributed by atoms with Crippen molar-refractivity contribution < 1.29 is 29.0 Å². The van der Waals surface area contributed by atoms with E-state index in [0.717, 1.165) is 40.0 Å². The maximum Gasteiger partial charge on any atom is 0.281 e. The summed E-state index contributed by atoms with van der Waals surface area (Å²) in [6.07, 6.45) is 4.70. The predicted molar refractivity (Wildman–Crippen MR) is 199 cm³/mol. The van der Waals surface area contributed by atoms with Crippen molar-refractivity contribution in [1.29, 1.82) is 0 Å². The fourth-order valence-electron chi connectivity index (χ4n) is 4.58. The molecule has 260 valence electrons. The normalized spacial score (nSPS) is 11.4. The molecule has 10 nitrogen and oxygen atoms in total. The number of hydrogen-bond acceptors (Lipinski definition) is 9. The molecule has 4 rings (SSSR count). The number of hydrazone groups is 1. The molecule has 2 aromatic heterocycles. The summed E-state index contributed by atoms with van der Waals surface area (Å²) >= 11 is 5.85. The molecule has 0 aliphatic heterocycles. The van der Waals surface area contributed by atoms with E-state index in [-0.39, 0.29) is 24.1 Å². The Bertz CT molecular complexity index is 1700. The highest BCUT2D eigenvalue weighted by molar-refractivity contribution is 9.10. The molecule has 2 aromatic carbocycles. The zero-order chi connectivity index (χ0) is 35.0. The summed E-state index contributed by atoms with van der Waals surface area (Å²) in [6, 6.07) is 17.7. The number of benzene rings is 2. The van der Waals surface area contributed by atoms with E-state index in [9.17, 15) is 19.5 Å². The van der Waals surface area contributed by atoms with Crippen LogP contribution in [0, 0.1) is 0 Å². The molecule has 0 radical (unpaired) electrons. The molecule has 3 amide bonds. The Morgan fingerprint density at radius 3 is 2.22 bits per heavy atom. The Labute approximate surface area is 303 Å². The van der Waals surface area contributed by atoms with Gasteiger partial charge in [-0.25, -0.2) is 5.43 Å². The third-order valence-electron chi connectivity index (χ3n) is 7.36. The van der Waals surface area contributed by atoms with E-state index in [1.54, 1.807) is 48.7 Å². The number of nitrogens with zero attached hydrogens (tertiary/aromatic N) is 1. The molecular weight excluding hydrogens is 728 g/mol. The van der Waals surface area contributed by atoms with Crippen molar-refractivity contribution in [2.75, 3.05) is 33.0 Å². The molecule has 0 saturated heterocycles. The van der Waals surface area contributed by atoms with E-state index in [4.69, 9.17) is 9.47 Å². The van der Waals surface area contributed by atoms with Crippen molar-refractivity contribution in [3.8, 4) is 16.2 Å². The van der Waals surface area contributed by atoms with Gasteiger partial charge in [0.2, 0.25) is 0 Å². The number of aromatic hydroxyl groups is 1. The number of unbranched alkanes of at least 4 members (excludes halogenated alkanes) is 3. The SMILES string of the molecule is CCCCCCOCCOCCNC(=O)c1ccc(CNC(=O)c2ccc(C(=O)N/N=C(\C)c3csc(-c4ccc(Br)cc4)c3O)s2)cc1. The zero-order valence-electron chi connectivity index (χ0n) is 27.6. The van der Waals surface area contributed by atoms with Crippen LogP contribution in [-0.2, 0) is 16.0 Å². The van der Waals surface area contributed by atoms with E-state index >= 15 is 0 Å². The fraction of sp³-hybridized carbons (Fsp3) is 0.333. The number of ether oxygens (including phenoxy) is 2. The first-order chi connectivity index (χ1) is 23.8. The lowest BCUT2D eigenvalue weighted by molar-refractivity contribution is 0.0468. The van der Waals surface area contributed by atoms with Crippen LogP contribution in [0.1, 0.15) is 80.4 Å². The Kier molecular flexibility index (Phi) is 15.4. The number of thiophene rings is 2. The van der Waals surface area contributed by atoms with Crippen molar-refractivity contribution in [3.63, 3.8) is 0 Å². The van der Waals surface area contributed by atoms with Gasteiger partial charge < -0.3 is 25.2 Å². The lowest BCUT2D eigenvalue weighted by Crippen LogP contribution is -2.27.